The van der Waals surface area contributed by atoms with Crippen LogP contribution >= 0.6 is 0 Å². The van der Waals surface area contributed by atoms with Crippen LogP contribution in [-0.4, -0.2) is 59.6 Å². The summed E-state index contributed by atoms with van der Waals surface area (Å²) in [4.78, 5) is 27.8. The zero-order chi connectivity index (χ0) is 29.2. The molecule has 40 heavy (non-hydrogen) atoms. The number of nitrogens with zero attached hydrogens (tertiary/aromatic N) is 2. The average Bonchev–Trinajstić information content (AvgIpc) is 2.98. The zero-order valence-electron chi connectivity index (χ0n) is 23.0. The summed E-state index contributed by atoms with van der Waals surface area (Å²) >= 11 is 0. The van der Waals surface area contributed by atoms with Gasteiger partial charge in [0.1, 0.15) is 5.69 Å². The van der Waals surface area contributed by atoms with E-state index in [9.17, 15) is 14.9 Å². The lowest BCUT2D eigenvalue weighted by Gasteiger charge is -2.13. The molecule has 0 fully saturated rings. The fourth-order valence-electron chi connectivity index (χ4n) is 3.90. The Morgan fingerprint density at radius 2 is 1.27 bits per heavy atom. The van der Waals surface area contributed by atoms with Crippen molar-refractivity contribution in [3.05, 3.63) is 69.3 Å². The van der Waals surface area contributed by atoms with Crippen molar-refractivity contribution in [1.82, 2.24) is 0 Å². The molecule has 3 aromatic rings. The fraction of sp³-hybridized carbons (Fsp3) is 0.241. The van der Waals surface area contributed by atoms with E-state index in [0.29, 0.717) is 34.4 Å². The largest absolute Gasteiger partial charge is 0.493 e. The molecule has 0 atom stereocenters. The minimum atomic E-state index is -0.599. The third-order valence-electron chi connectivity index (χ3n) is 5.84. The van der Waals surface area contributed by atoms with E-state index in [-0.39, 0.29) is 29.2 Å². The van der Waals surface area contributed by atoms with Gasteiger partial charge in [0.15, 0.2) is 34.5 Å². The Balaban J connectivity index is 1.90. The Bertz CT molecular complexity index is 1420. The maximum Gasteiger partial charge on any atom is 0.311 e. The van der Waals surface area contributed by atoms with Crippen LogP contribution in [0.25, 0.3) is 12.2 Å². The van der Waals surface area contributed by atoms with E-state index in [1.165, 1.54) is 52.9 Å². The molecule has 0 aliphatic rings. The van der Waals surface area contributed by atoms with E-state index in [4.69, 9.17) is 28.4 Å². The number of carbonyl (C=O) groups is 1. The standard InChI is InChI=1S/C29H30N2O9/c1-35-24-10-9-20(17-22(24)31(33)34)23(32)11-12-30-21-13-18(14-25(36-2)28(21)39-5)7-8-19-15-26(37-3)29(40-6)27(16-19)38-4/h7-10,12-17H,11H2,1-6H3/b8-7-,30-12?. The molecule has 0 bridgehead atoms. The second kappa shape index (κ2) is 13.7. The summed E-state index contributed by atoms with van der Waals surface area (Å²) in [7, 11) is 8.96. The normalized spacial score (nSPS) is 10.9. The average molecular weight is 551 g/mol. The molecule has 0 aliphatic heterocycles. The van der Waals surface area contributed by atoms with Crippen molar-refractivity contribution < 1.29 is 38.1 Å². The molecular formula is C29H30N2O9. The third kappa shape index (κ3) is 6.68. The highest BCUT2D eigenvalue weighted by molar-refractivity contribution is 6.04. The van der Waals surface area contributed by atoms with Crippen LogP contribution in [0.2, 0.25) is 0 Å². The molecule has 3 rings (SSSR count). The van der Waals surface area contributed by atoms with Crippen molar-refractivity contribution in [3.8, 4) is 34.5 Å². The number of Topliss-reactive ketones (excluding diaryl/α,β-unsaturated/α-hetero) is 1. The summed E-state index contributed by atoms with van der Waals surface area (Å²) in [5.74, 6) is 2.08. The predicted molar refractivity (Wildman–Crippen MR) is 151 cm³/mol. The molecule has 0 aliphatic carbocycles. The molecule has 0 heterocycles. The number of carbonyl (C=O) groups excluding carboxylic acids is 1. The summed E-state index contributed by atoms with van der Waals surface area (Å²) in [6, 6.07) is 11.2. The quantitative estimate of drug-likeness (QED) is 0.0853. The second-order valence-electron chi connectivity index (χ2n) is 8.15. The SMILES string of the molecule is COc1ccc(C(=O)CC=Nc2cc(/C=C\c3cc(OC)c(OC)c(OC)c3)cc(OC)c2OC)cc1[N+](=O)[O-]. The van der Waals surface area contributed by atoms with E-state index in [1.54, 1.807) is 26.4 Å². The summed E-state index contributed by atoms with van der Waals surface area (Å²) in [5.41, 5.74) is 1.86. The molecule has 0 N–H and O–H groups in total. The summed E-state index contributed by atoms with van der Waals surface area (Å²) in [6.07, 6.45) is 5.03. The zero-order valence-corrected chi connectivity index (χ0v) is 23.0. The van der Waals surface area contributed by atoms with Crippen LogP contribution in [0.3, 0.4) is 0 Å². The fourth-order valence-corrected chi connectivity index (χ4v) is 3.90. The number of aliphatic imine (C=N–C) groups is 1. The number of methoxy groups -OCH3 is 6. The highest BCUT2D eigenvalue weighted by atomic mass is 16.6. The molecule has 0 aromatic heterocycles. The van der Waals surface area contributed by atoms with E-state index in [0.717, 1.165) is 11.1 Å². The van der Waals surface area contributed by atoms with Gasteiger partial charge >= 0.3 is 5.69 Å². The van der Waals surface area contributed by atoms with Crippen molar-refractivity contribution >= 4 is 35.5 Å². The van der Waals surface area contributed by atoms with Gasteiger partial charge < -0.3 is 28.4 Å². The molecule has 0 radical (unpaired) electrons. The molecule has 11 heteroatoms. The van der Waals surface area contributed by atoms with Gasteiger partial charge in [-0.15, -0.1) is 0 Å². The van der Waals surface area contributed by atoms with Crippen LogP contribution in [0, 0.1) is 10.1 Å². The van der Waals surface area contributed by atoms with Crippen LogP contribution in [0.4, 0.5) is 11.4 Å². The van der Waals surface area contributed by atoms with Crippen molar-refractivity contribution in [3.63, 3.8) is 0 Å². The highest BCUT2D eigenvalue weighted by Crippen LogP contribution is 2.40. The van der Waals surface area contributed by atoms with Crippen molar-refractivity contribution in [2.24, 2.45) is 4.99 Å². The lowest BCUT2D eigenvalue weighted by molar-refractivity contribution is -0.385. The monoisotopic (exact) mass is 550 g/mol. The van der Waals surface area contributed by atoms with Gasteiger partial charge in [0, 0.05) is 24.3 Å². The Labute approximate surface area is 231 Å². The van der Waals surface area contributed by atoms with E-state index >= 15 is 0 Å². The minimum absolute atomic E-state index is 0.0726. The summed E-state index contributed by atoms with van der Waals surface area (Å²) in [5, 5.41) is 11.3. The van der Waals surface area contributed by atoms with E-state index in [2.05, 4.69) is 4.99 Å². The first-order valence-corrected chi connectivity index (χ1v) is 11.9. The Morgan fingerprint density at radius 1 is 0.750 bits per heavy atom. The van der Waals surface area contributed by atoms with E-state index < -0.39 is 4.92 Å². The van der Waals surface area contributed by atoms with Crippen molar-refractivity contribution in [2.75, 3.05) is 42.7 Å². The van der Waals surface area contributed by atoms with Gasteiger partial charge in [0.25, 0.3) is 0 Å². The van der Waals surface area contributed by atoms with Gasteiger partial charge in [-0.3, -0.25) is 19.9 Å². The topological polar surface area (TPSA) is 128 Å². The Hall–Kier alpha value is -5.06. The molecule has 11 nitrogen and oxygen atoms in total. The van der Waals surface area contributed by atoms with Crippen LogP contribution in [0.5, 0.6) is 34.5 Å². The number of ether oxygens (including phenoxy) is 6. The van der Waals surface area contributed by atoms with E-state index in [1.807, 2.05) is 24.3 Å². The maximum atomic E-state index is 12.7. The number of nitro benzene ring substituents is 1. The smallest absolute Gasteiger partial charge is 0.311 e. The molecule has 3 aromatic carbocycles. The molecule has 0 saturated carbocycles. The van der Waals surface area contributed by atoms with Crippen molar-refractivity contribution in [2.45, 2.75) is 6.42 Å². The first kappa shape index (κ1) is 29.5. The first-order valence-electron chi connectivity index (χ1n) is 11.9. The van der Waals surface area contributed by atoms with Gasteiger partial charge in [-0.05, 0) is 47.5 Å². The number of nitro groups is 1. The molecular weight excluding hydrogens is 520 g/mol. The molecule has 0 unspecified atom stereocenters. The Morgan fingerprint density at radius 3 is 1.77 bits per heavy atom. The summed E-state index contributed by atoms with van der Waals surface area (Å²) in [6.45, 7) is 0. The van der Waals surface area contributed by atoms with Gasteiger partial charge in [0.05, 0.1) is 47.6 Å². The minimum Gasteiger partial charge on any atom is -0.493 e. The molecule has 210 valence electrons. The number of hydrogen-bond acceptors (Lipinski definition) is 10. The van der Waals surface area contributed by atoms with Crippen molar-refractivity contribution in [1.29, 1.82) is 0 Å². The van der Waals surface area contributed by atoms with Gasteiger partial charge in [-0.1, -0.05) is 12.2 Å². The number of ketones is 1. The van der Waals surface area contributed by atoms with Gasteiger partial charge in [-0.2, -0.15) is 0 Å². The van der Waals surface area contributed by atoms with Crippen LogP contribution < -0.4 is 28.4 Å². The lowest BCUT2D eigenvalue weighted by Crippen LogP contribution is -2.02. The maximum absolute atomic E-state index is 12.7. The number of rotatable bonds is 13. The number of hydrogen-bond donors (Lipinski definition) is 0. The van der Waals surface area contributed by atoms with Gasteiger partial charge in [-0.25, -0.2) is 0 Å². The first-order chi connectivity index (χ1) is 19.3. The lowest BCUT2D eigenvalue weighted by atomic mass is 10.1. The summed E-state index contributed by atoms with van der Waals surface area (Å²) < 4.78 is 32.2. The predicted octanol–water partition coefficient (Wildman–Crippen LogP) is 5.79. The Kier molecular flexibility index (Phi) is 10.1. The van der Waals surface area contributed by atoms with Crippen LogP contribution in [0.15, 0.2) is 47.5 Å². The third-order valence-corrected chi connectivity index (χ3v) is 5.84. The molecule has 0 amide bonds. The van der Waals surface area contributed by atoms with Crippen LogP contribution in [-0.2, 0) is 0 Å². The highest BCUT2D eigenvalue weighted by Gasteiger charge is 2.18. The molecule has 0 spiro atoms. The molecule has 0 saturated heterocycles. The number of benzene rings is 3. The van der Waals surface area contributed by atoms with Crippen LogP contribution in [0.1, 0.15) is 27.9 Å². The van der Waals surface area contributed by atoms with Gasteiger partial charge in [0.2, 0.25) is 5.75 Å². The second-order valence-corrected chi connectivity index (χ2v) is 8.15.